The molecular weight excluding hydrogens is 521 g/mol. The molecule has 0 saturated carbocycles. The molecule has 208 valence electrons. The number of hydrogen-bond acceptors (Lipinski definition) is 4. The van der Waals surface area contributed by atoms with E-state index in [4.69, 9.17) is 9.47 Å². The Morgan fingerprint density at radius 2 is 1.70 bits per heavy atom. The van der Waals surface area contributed by atoms with Crippen LogP contribution in [0.15, 0.2) is 60.7 Å². The maximum atomic E-state index is 13.4. The number of piperidine rings is 1. The number of fused-ring (bicyclic) bond motifs is 4. The molecule has 3 aliphatic heterocycles. The molecule has 40 heavy (non-hydrogen) atoms. The van der Waals surface area contributed by atoms with Gasteiger partial charge in [-0.1, -0.05) is 42.5 Å². The second kappa shape index (κ2) is 9.87. The number of ether oxygens (including phenoxy) is 2. The summed E-state index contributed by atoms with van der Waals surface area (Å²) in [6, 6.07) is 18.3. The van der Waals surface area contributed by atoms with E-state index in [9.17, 15) is 22.8 Å². The number of rotatable bonds is 4. The van der Waals surface area contributed by atoms with Crippen LogP contribution in [-0.4, -0.2) is 42.1 Å². The summed E-state index contributed by atoms with van der Waals surface area (Å²) in [6.45, 7) is 1.46. The molecule has 1 N–H and O–H groups in total. The lowest BCUT2D eigenvalue weighted by atomic mass is 9.72. The Labute approximate surface area is 230 Å². The van der Waals surface area contributed by atoms with Crippen molar-refractivity contribution in [2.75, 3.05) is 12.4 Å². The number of anilines is 1. The number of carbonyl (C=O) groups is 2. The normalized spacial score (nSPS) is 23.1. The minimum absolute atomic E-state index is 0.0146. The van der Waals surface area contributed by atoms with Crippen LogP contribution in [0, 0.1) is 5.92 Å². The van der Waals surface area contributed by atoms with Gasteiger partial charge in [0.2, 0.25) is 5.91 Å². The van der Waals surface area contributed by atoms with Crippen LogP contribution in [0.25, 0.3) is 11.1 Å². The monoisotopic (exact) mass is 550 g/mol. The zero-order valence-electron chi connectivity index (χ0n) is 22.1. The molecule has 2 amide bonds. The predicted molar refractivity (Wildman–Crippen MR) is 144 cm³/mol. The third kappa shape index (κ3) is 4.47. The van der Waals surface area contributed by atoms with E-state index >= 15 is 0 Å². The van der Waals surface area contributed by atoms with Gasteiger partial charge in [0, 0.05) is 47.3 Å². The fraction of sp³-hybridized carbons (Fsp3) is 0.355. The van der Waals surface area contributed by atoms with E-state index in [1.54, 1.807) is 7.11 Å². The van der Waals surface area contributed by atoms with Crippen molar-refractivity contribution in [3.8, 4) is 28.4 Å². The summed E-state index contributed by atoms with van der Waals surface area (Å²) in [5, 5.41) is 2.87. The minimum Gasteiger partial charge on any atom is -0.493 e. The Morgan fingerprint density at radius 1 is 0.975 bits per heavy atom. The Bertz CT molecular complexity index is 1470. The molecule has 3 aliphatic rings. The Hall–Kier alpha value is -4.01. The van der Waals surface area contributed by atoms with E-state index in [1.165, 1.54) is 6.92 Å². The molecule has 2 saturated heterocycles. The molecule has 3 unspecified atom stereocenters. The summed E-state index contributed by atoms with van der Waals surface area (Å²) in [6.07, 6.45) is -2.77. The highest BCUT2D eigenvalue weighted by atomic mass is 19.4. The average Bonchev–Trinajstić information content (AvgIpc) is 3.18. The number of halogens is 3. The molecule has 6 rings (SSSR count). The zero-order chi connectivity index (χ0) is 28.2. The number of alkyl halides is 3. The van der Waals surface area contributed by atoms with Gasteiger partial charge in [-0.25, -0.2) is 0 Å². The van der Waals surface area contributed by atoms with E-state index < -0.39 is 24.2 Å². The maximum absolute atomic E-state index is 13.4. The first-order chi connectivity index (χ1) is 19.2. The van der Waals surface area contributed by atoms with Crippen molar-refractivity contribution >= 4 is 17.5 Å². The number of benzene rings is 3. The van der Waals surface area contributed by atoms with Gasteiger partial charge in [0.15, 0.2) is 11.5 Å². The van der Waals surface area contributed by atoms with Crippen molar-refractivity contribution < 1.29 is 32.2 Å². The van der Waals surface area contributed by atoms with Crippen LogP contribution < -0.4 is 14.8 Å². The molecule has 0 spiro atoms. The molecule has 3 aromatic rings. The number of nitrogens with zero attached hydrogens (tertiary/aromatic N) is 1. The molecule has 0 aromatic heterocycles. The second-order valence-corrected chi connectivity index (χ2v) is 10.8. The summed E-state index contributed by atoms with van der Waals surface area (Å²) >= 11 is 0. The van der Waals surface area contributed by atoms with Gasteiger partial charge in [0.05, 0.1) is 7.11 Å². The summed E-state index contributed by atoms with van der Waals surface area (Å²) in [4.78, 5) is 25.1. The molecular formula is C31H29F3N2O4. The first-order valence-corrected chi connectivity index (χ1v) is 13.4. The van der Waals surface area contributed by atoms with Crippen molar-refractivity contribution in [3.05, 3.63) is 71.8 Å². The SMILES string of the molecule is COc1cccc2c1Oc1cc(-c3ccccc3NC(C)=O)ccc1C2C1CC2CCC(C1)N2C(=O)C(F)(F)F. The van der Waals surface area contributed by atoms with E-state index in [0.717, 1.165) is 27.2 Å². The van der Waals surface area contributed by atoms with E-state index in [-0.39, 0.29) is 17.7 Å². The number of hydrogen-bond donors (Lipinski definition) is 1. The van der Waals surface area contributed by atoms with Gasteiger partial charge in [-0.05, 0) is 55.4 Å². The van der Waals surface area contributed by atoms with E-state index in [1.807, 2.05) is 60.7 Å². The molecule has 9 heteroatoms. The van der Waals surface area contributed by atoms with Gasteiger partial charge >= 0.3 is 12.1 Å². The molecule has 2 bridgehead atoms. The van der Waals surface area contributed by atoms with Gasteiger partial charge in [0.1, 0.15) is 5.75 Å². The van der Waals surface area contributed by atoms with Gasteiger partial charge in [0.25, 0.3) is 0 Å². The van der Waals surface area contributed by atoms with Crippen molar-refractivity contribution in [2.45, 2.75) is 56.8 Å². The lowest BCUT2D eigenvalue weighted by molar-refractivity contribution is -0.190. The first kappa shape index (κ1) is 26.2. The molecule has 3 atom stereocenters. The van der Waals surface area contributed by atoms with Gasteiger partial charge in [-0.2, -0.15) is 13.2 Å². The number of carbonyl (C=O) groups excluding carboxylic acids is 2. The van der Waals surface area contributed by atoms with Crippen molar-refractivity contribution in [2.24, 2.45) is 5.92 Å². The number of nitrogens with one attached hydrogen (secondary N) is 1. The highest BCUT2D eigenvalue weighted by Gasteiger charge is 2.53. The first-order valence-electron chi connectivity index (χ1n) is 13.4. The smallest absolute Gasteiger partial charge is 0.471 e. The summed E-state index contributed by atoms with van der Waals surface area (Å²) in [7, 11) is 1.57. The van der Waals surface area contributed by atoms with Crippen LogP contribution in [0.3, 0.4) is 0 Å². The molecule has 2 fully saturated rings. The van der Waals surface area contributed by atoms with Crippen LogP contribution in [-0.2, 0) is 9.59 Å². The van der Waals surface area contributed by atoms with E-state index in [0.29, 0.717) is 48.6 Å². The Balaban J connectivity index is 1.41. The average molecular weight is 551 g/mol. The fourth-order valence-electron chi connectivity index (χ4n) is 6.88. The topological polar surface area (TPSA) is 67.9 Å². The summed E-state index contributed by atoms with van der Waals surface area (Å²) < 4.78 is 52.2. The summed E-state index contributed by atoms with van der Waals surface area (Å²) in [5.74, 6) is -0.222. The van der Waals surface area contributed by atoms with Crippen molar-refractivity contribution in [1.29, 1.82) is 0 Å². The standard InChI is InChI=1S/C31H29F3N2O4/c1-17(37)35-25-8-4-3-6-22(25)18-10-13-23-27(16-18)40-29-24(7-5-9-26(29)39-2)28(23)19-14-20-11-12-21(15-19)36(20)30(38)31(32,33)34/h3-10,13,16,19-21,28H,11-12,14-15H2,1-2H3,(H,35,37). The van der Waals surface area contributed by atoms with Crippen molar-refractivity contribution in [3.63, 3.8) is 0 Å². The zero-order valence-corrected chi connectivity index (χ0v) is 22.1. The lowest BCUT2D eigenvalue weighted by Crippen LogP contribution is -2.52. The molecule has 0 aliphatic carbocycles. The van der Waals surface area contributed by atoms with Crippen LogP contribution in [0.4, 0.5) is 18.9 Å². The summed E-state index contributed by atoms with van der Waals surface area (Å²) in [5.41, 5.74) is 4.24. The fourth-order valence-corrected chi connectivity index (χ4v) is 6.88. The third-order valence-corrected chi connectivity index (χ3v) is 8.39. The van der Waals surface area contributed by atoms with Crippen LogP contribution in [0.1, 0.15) is 49.7 Å². The quantitative estimate of drug-likeness (QED) is 0.384. The lowest BCUT2D eigenvalue weighted by Gasteiger charge is -2.43. The highest BCUT2D eigenvalue weighted by molar-refractivity contribution is 5.94. The maximum Gasteiger partial charge on any atom is 0.471 e. The van der Waals surface area contributed by atoms with Gasteiger partial charge in [-0.3, -0.25) is 9.59 Å². The minimum atomic E-state index is -4.87. The number of methoxy groups -OCH3 is 1. The van der Waals surface area contributed by atoms with Crippen LogP contribution in [0.5, 0.6) is 17.2 Å². The Kier molecular flexibility index (Phi) is 6.47. The van der Waals surface area contributed by atoms with E-state index in [2.05, 4.69) is 5.32 Å². The van der Waals surface area contributed by atoms with Gasteiger partial charge < -0.3 is 19.7 Å². The van der Waals surface area contributed by atoms with Crippen LogP contribution >= 0.6 is 0 Å². The molecule has 3 aromatic carbocycles. The Morgan fingerprint density at radius 3 is 2.38 bits per heavy atom. The van der Waals surface area contributed by atoms with Crippen molar-refractivity contribution in [1.82, 2.24) is 4.90 Å². The molecule has 6 nitrogen and oxygen atoms in total. The van der Waals surface area contributed by atoms with Gasteiger partial charge in [-0.15, -0.1) is 0 Å². The largest absolute Gasteiger partial charge is 0.493 e. The highest BCUT2D eigenvalue weighted by Crippen LogP contribution is 2.56. The number of amides is 2. The third-order valence-electron chi connectivity index (χ3n) is 8.39. The molecule has 3 heterocycles. The second-order valence-electron chi connectivity index (χ2n) is 10.8. The molecule has 0 radical (unpaired) electrons. The predicted octanol–water partition coefficient (Wildman–Crippen LogP) is 6.89. The number of para-hydroxylation sites is 2. The van der Waals surface area contributed by atoms with Crippen LogP contribution in [0.2, 0.25) is 0 Å².